The van der Waals surface area contributed by atoms with E-state index in [-0.39, 0.29) is 11.8 Å². The second-order valence-electron chi connectivity index (χ2n) is 5.40. The van der Waals surface area contributed by atoms with Gasteiger partial charge >= 0.3 is 7.12 Å². The number of amides is 2. The van der Waals surface area contributed by atoms with Gasteiger partial charge in [0.15, 0.2) is 0 Å². The highest BCUT2D eigenvalue weighted by Crippen LogP contribution is 2.02. The van der Waals surface area contributed by atoms with E-state index in [4.69, 9.17) is 0 Å². The first kappa shape index (κ1) is 19.9. The molecule has 0 fully saturated rings. The molecule has 0 heterocycles. The topological polar surface area (TPSA) is 111 Å². The van der Waals surface area contributed by atoms with E-state index in [1.54, 1.807) is 30.5 Å². The molecule has 0 bridgehead atoms. The molecule has 1 aromatic rings. The van der Waals surface area contributed by atoms with Crippen LogP contribution in [0.5, 0.6) is 0 Å². The molecule has 7 nitrogen and oxygen atoms in total. The van der Waals surface area contributed by atoms with Crippen LogP contribution in [0.15, 0.2) is 29.3 Å². The Morgan fingerprint density at radius 1 is 1.29 bits per heavy atom. The molecule has 0 aliphatic rings. The van der Waals surface area contributed by atoms with Crippen molar-refractivity contribution in [3.05, 3.63) is 29.8 Å². The summed E-state index contributed by atoms with van der Waals surface area (Å²) in [5, 5.41) is 23.7. The maximum absolute atomic E-state index is 11.7. The average molecular weight is 333 g/mol. The molecular formula is C16H24BN3O4. The van der Waals surface area contributed by atoms with Crippen molar-refractivity contribution in [1.29, 1.82) is 0 Å². The largest absolute Gasteiger partial charge is 0.489 e. The normalized spacial score (nSPS) is 12.0. The van der Waals surface area contributed by atoms with Gasteiger partial charge in [-0.15, -0.1) is 0 Å². The van der Waals surface area contributed by atoms with Crippen molar-refractivity contribution in [2.45, 2.75) is 32.2 Å². The fraction of sp³-hybridized carbons (Fsp3) is 0.438. The fourth-order valence-corrected chi connectivity index (χ4v) is 2.27. The molecule has 0 aliphatic heterocycles. The number of hydrogen-bond acceptors (Lipinski definition) is 5. The zero-order valence-corrected chi connectivity index (χ0v) is 14.0. The van der Waals surface area contributed by atoms with E-state index in [1.165, 1.54) is 14.0 Å². The third-order valence-electron chi connectivity index (χ3n) is 3.47. The van der Waals surface area contributed by atoms with Gasteiger partial charge in [-0.05, 0) is 30.3 Å². The predicted octanol–water partition coefficient (Wildman–Crippen LogP) is -0.794. The van der Waals surface area contributed by atoms with Crippen LogP contribution in [-0.4, -0.2) is 54.8 Å². The second-order valence-corrected chi connectivity index (χ2v) is 5.40. The van der Waals surface area contributed by atoms with Gasteiger partial charge in [-0.1, -0.05) is 24.3 Å². The minimum Gasteiger partial charge on any atom is -0.423 e. The van der Waals surface area contributed by atoms with Crippen LogP contribution < -0.4 is 16.1 Å². The van der Waals surface area contributed by atoms with Crippen molar-refractivity contribution in [2.75, 3.05) is 13.6 Å². The Morgan fingerprint density at radius 3 is 2.62 bits per heavy atom. The Balaban J connectivity index is 2.42. The highest BCUT2D eigenvalue weighted by molar-refractivity contribution is 6.60. The van der Waals surface area contributed by atoms with Crippen LogP contribution in [0.25, 0.3) is 0 Å². The molecule has 0 unspecified atom stereocenters. The molecule has 0 aromatic heterocycles. The summed E-state index contributed by atoms with van der Waals surface area (Å²) in [5.74, 6) is -0.444. The van der Waals surface area contributed by atoms with Crippen molar-refractivity contribution < 1.29 is 19.6 Å². The van der Waals surface area contributed by atoms with Crippen molar-refractivity contribution >= 4 is 30.6 Å². The Hall–Kier alpha value is -2.19. The standard InChI is InChI=1S/C16H24BN3O4/c1-12(21)20-15(16(22)18-2)9-5-6-10-19-11-13-7-3-4-8-14(13)17(23)24/h3-4,7-8,11,15,23-24H,5-6,9-10H2,1-2H3,(H,18,22)(H,20,21)/t15-/m0/s1. The molecular weight excluding hydrogens is 309 g/mol. The van der Waals surface area contributed by atoms with Gasteiger partial charge in [0.1, 0.15) is 6.04 Å². The van der Waals surface area contributed by atoms with Crippen LogP contribution in [0.2, 0.25) is 0 Å². The van der Waals surface area contributed by atoms with Gasteiger partial charge in [0.2, 0.25) is 11.8 Å². The Morgan fingerprint density at radius 2 is 2.00 bits per heavy atom. The van der Waals surface area contributed by atoms with Crippen LogP contribution in [0.4, 0.5) is 0 Å². The molecule has 0 spiro atoms. The summed E-state index contributed by atoms with van der Waals surface area (Å²) in [5.41, 5.74) is 1.07. The molecule has 8 heteroatoms. The minimum absolute atomic E-state index is 0.209. The van der Waals surface area contributed by atoms with Crippen LogP contribution in [-0.2, 0) is 9.59 Å². The zero-order valence-electron chi connectivity index (χ0n) is 14.0. The minimum atomic E-state index is -1.53. The Kier molecular flexibility index (Phi) is 8.74. The van der Waals surface area contributed by atoms with E-state index in [0.29, 0.717) is 24.0 Å². The van der Waals surface area contributed by atoms with Gasteiger partial charge in [0.05, 0.1) is 0 Å². The van der Waals surface area contributed by atoms with E-state index >= 15 is 0 Å². The molecule has 24 heavy (non-hydrogen) atoms. The molecule has 1 aromatic carbocycles. The first-order valence-electron chi connectivity index (χ1n) is 7.89. The molecule has 1 atom stereocenters. The number of carbonyl (C=O) groups excluding carboxylic acids is 2. The van der Waals surface area contributed by atoms with Gasteiger partial charge in [-0.2, -0.15) is 0 Å². The maximum atomic E-state index is 11.7. The summed E-state index contributed by atoms with van der Waals surface area (Å²) in [4.78, 5) is 27.0. The number of benzene rings is 1. The molecule has 130 valence electrons. The van der Waals surface area contributed by atoms with Crippen molar-refractivity contribution in [3.8, 4) is 0 Å². The monoisotopic (exact) mass is 333 g/mol. The number of likely N-dealkylation sites (N-methyl/N-ethyl adjacent to an activating group) is 1. The highest BCUT2D eigenvalue weighted by atomic mass is 16.4. The molecule has 2 amide bonds. The zero-order chi connectivity index (χ0) is 17.9. The Bertz CT molecular complexity index is 578. The summed E-state index contributed by atoms with van der Waals surface area (Å²) < 4.78 is 0. The lowest BCUT2D eigenvalue weighted by Gasteiger charge is -2.15. The molecule has 0 aliphatic carbocycles. The Labute approximate surface area is 142 Å². The summed E-state index contributed by atoms with van der Waals surface area (Å²) in [6.45, 7) is 1.93. The van der Waals surface area contributed by atoms with Gasteiger partial charge in [0.25, 0.3) is 0 Å². The molecule has 1 rings (SSSR count). The third kappa shape index (κ3) is 6.93. The van der Waals surface area contributed by atoms with Gasteiger partial charge in [-0.25, -0.2) is 0 Å². The fourth-order valence-electron chi connectivity index (χ4n) is 2.27. The molecule has 0 saturated heterocycles. The second kappa shape index (κ2) is 10.6. The highest BCUT2D eigenvalue weighted by Gasteiger charge is 2.17. The van der Waals surface area contributed by atoms with Gasteiger partial charge < -0.3 is 20.7 Å². The average Bonchev–Trinajstić information content (AvgIpc) is 2.55. The van der Waals surface area contributed by atoms with Crippen molar-refractivity contribution in [2.24, 2.45) is 4.99 Å². The van der Waals surface area contributed by atoms with Gasteiger partial charge in [0, 0.05) is 26.7 Å². The van der Waals surface area contributed by atoms with Crippen LogP contribution in [0.3, 0.4) is 0 Å². The predicted molar refractivity (Wildman–Crippen MR) is 94.3 cm³/mol. The molecule has 0 radical (unpaired) electrons. The van der Waals surface area contributed by atoms with E-state index in [9.17, 15) is 19.6 Å². The number of rotatable bonds is 9. The van der Waals surface area contributed by atoms with E-state index in [1.807, 2.05) is 0 Å². The number of carbonyl (C=O) groups is 2. The third-order valence-corrected chi connectivity index (χ3v) is 3.47. The summed E-state index contributed by atoms with van der Waals surface area (Å²) in [6, 6.07) is 6.40. The SMILES string of the molecule is CNC(=O)[C@H](CCCCN=Cc1ccccc1B(O)O)NC(C)=O. The molecule has 4 N–H and O–H groups in total. The van der Waals surface area contributed by atoms with Crippen LogP contribution >= 0.6 is 0 Å². The summed E-state index contributed by atoms with van der Waals surface area (Å²) in [6.07, 6.45) is 3.65. The van der Waals surface area contributed by atoms with E-state index in [2.05, 4.69) is 15.6 Å². The number of unbranched alkanes of at least 4 members (excludes halogenated alkanes) is 1. The first-order chi connectivity index (χ1) is 11.5. The van der Waals surface area contributed by atoms with E-state index < -0.39 is 13.2 Å². The summed E-state index contributed by atoms with van der Waals surface area (Å²) in [7, 11) is 0.00712. The summed E-state index contributed by atoms with van der Waals surface area (Å²) >= 11 is 0. The lowest BCUT2D eigenvalue weighted by molar-refractivity contribution is -0.127. The van der Waals surface area contributed by atoms with Crippen molar-refractivity contribution in [3.63, 3.8) is 0 Å². The number of nitrogens with zero attached hydrogens (tertiary/aromatic N) is 1. The maximum Gasteiger partial charge on any atom is 0.489 e. The lowest BCUT2D eigenvalue weighted by atomic mass is 9.77. The van der Waals surface area contributed by atoms with Crippen LogP contribution in [0, 0.1) is 0 Å². The number of hydrogen-bond donors (Lipinski definition) is 4. The van der Waals surface area contributed by atoms with Crippen LogP contribution in [0.1, 0.15) is 31.7 Å². The van der Waals surface area contributed by atoms with Gasteiger partial charge in [-0.3, -0.25) is 14.6 Å². The van der Waals surface area contributed by atoms with E-state index in [0.717, 1.165) is 12.8 Å². The number of nitrogens with one attached hydrogen (secondary N) is 2. The smallest absolute Gasteiger partial charge is 0.423 e. The number of aliphatic imine (C=N–C) groups is 1. The molecule has 0 saturated carbocycles. The van der Waals surface area contributed by atoms with Crippen molar-refractivity contribution in [1.82, 2.24) is 10.6 Å². The lowest BCUT2D eigenvalue weighted by Crippen LogP contribution is -2.44. The quantitative estimate of drug-likeness (QED) is 0.269. The first-order valence-corrected chi connectivity index (χ1v) is 7.89.